The number of aromatic hydroxyl groups is 1. The van der Waals surface area contributed by atoms with E-state index in [1.807, 2.05) is 30.3 Å². The van der Waals surface area contributed by atoms with Crippen molar-refractivity contribution >= 4 is 117 Å². The van der Waals surface area contributed by atoms with Gasteiger partial charge in [-0.2, -0.15) is 0 Å². The van der Waals surface area contributed by atoms with Gasteiger partial charge in [-0.25, -0.2) is 14.6 Å². The summed E-state index contributed by atoms with van der Waals surface area (Å²) in [6.07, 6.45) is -0.474. The van der Waals surface area contributed by atoms with E-state index >= 15 is 0 Å². The van der Waals surface area contributed by atoms with Crippen molar-refractivity contribution in [1.29, 1.82) is 0 Å². The summed E-state index contributed by atoms with van der Waals surface area (Å²) in [5, 5.41) is 107. The van der Waals surface area contributed by atoms with Gasteiger partial charge in [0.15, 0.2) is 22.2 Å². The third kappa shape index (κ3) is 10.3. The van der Waals surface area contributed by atoms with Gasteiger partial charge < -0.3 is 77.6 Å². The number of carboxylic acids is 2. The van der Waals surface area contributed by atoms with Crippen molar-refractivity contribution in [1.82, 2.24) is 35.5 Å². The molecular formula is C55H57ClN10O19S3. The minimum absolute atomic E-state index is 0. The number of aromatic nitrogens is 2. The number of fused-ring (bicyclic) bond motifs is 5. The van der Waals surface area contributed by atoms with E-state index in [2.05, 4.69) is 32.5 Å². The molecule has 3 aliphatic carbocycles. The van der Waals surface area contributed by atoms with Crippen LogP contribution >= 0.6 is 47.3 Å². The number of hydrogen-bond acceptors (Lipinski definition) is 25. The predicted octanol–water partition coefficient (Wildman–Crippen LogP) is 0.745. The number of phenolic OH excluding ortho intramolecular Hbond substituents is 1. The molecule has 4 aliphatic heterocycles. The quantitative estimate of drug-likeness (QED) is 0.0324. The molecule has 11 rings (SSSR count). The van der Waals surface area contributed by atoms with E-state index in [4.69, 9.17) is 21.2 Å². The molecule has 1 saturated carbocycles. The van der Waals surface area contributed by atoms with E-state index in [0.717, 1.165) is 21.8 Å². The number of phenols is 1. The normalized spacial score (nSPS) is 28.2. The monoisotopic (exact) mass is 1290 g/mol. The molecular weight excluding hydrogens is 1240 g/mol. The van der Waals surface area contributed by atoms with Crippen LogP contribution in [-0.4, -0.2) is 201 Å². The maximum absolute atomic E-state index is 13.7. The van der Waals surface area contributed by atoms with Crippen LogP contribution in [0.15, 0.2) is 104 Å². The number of rotatable bonds is 11. The molecule has 5 amide bonds. The molecule has 4 aromatic rings. The number of anilines is 1. The number of carbonyl (C=O) groups is 9. The highest BCUT2D eigenvalue weighted by Crippen LogP contribution is 2.58. The molecule has 6 heterocycles. The number of allylic oxidation sites excluding steroid dienone is 1. The number of nitrogens with one attached hydrogen (secondary N) is 2. The lowest BCUT2D eigenvalue weighted by molar-refractivity contribution is -0.181. The Balaban J connectivity index is 0.000000171. The Labute approximate surface area is 516 Å². The lowest BCUT2D eigenvalue weighted by Gasteiger charge is -2.55. The van der Waals surface area contributed by atoms with Crippen LogP contribution in [0.2, 0.25) is 0 Å². The fraction of sp³-hybridized carbons (Fsp3) is 0.345. The number of aliphatic hydroxyl groups excluding tert-OH is 3. The van der Waals surface area contributed by atoms with Gasteiger partial charge in [0, 0.05) is 21.4 Å². The molecule has 4 fully saturated rings. The minimum Gasteiger partial charge on any atom is -0.508 e. The van der Waals surface area contributed by atoms with Gasteiger partial charge in [0.05, 0.1) is 40.7 Å². The van der Waals surface area contributed by atoms with Gasteiger partial charge in [0.2, 0.25) is 11.7 Å². The summed E-state index contributed by atoms with van der Waals surface area (Å²) in [6.45, 7) is 10.0. The summed E-state index contributed by atoms with van der Waals surface area (Å²) in [5.41, 5.74) is 5.12. The van der Waals surface area contributed by atoms with Crippen LogP contribution in [0.25, 0.3) is 17.0 Å². The number of carbonyl (C=O) groups excluding carboxylic acids is 7. The number of aryl methyl sites for hydroxylation is 1. The van der Waals surface area contributed by atoms with Gasteiger partial charge in [-0.1, -0.05) is 65.4 Å². The van der Waals surface area contributed by atoms with Gasteiger partial charge in [-0.3, -0.25) is 43.4 Å². The Morgan fingerprint density at radius 3 is 2.16 bits per heavy atom. The smallest absolute Gasteiger partial charge is 0.352 e. The number of carboxylic acid groups (broad SMARTS) is 2. The third-order valence-corrected chi connectivity index (χ3v) is 19.5. The zero-order chi connectivity index (χ0) is 64.0. The number of nitrogens with zero attached hydrogens (tertiary/aromatic N) is 6. The molecule has 7 aliphatic rings. The number of likely N-dealkylation sites (N-methyl/N-ethyl adjacent to an activating group) is 1. The number of Topliss-reactive ketones (excluding diaryl/α,β-unsaturated/α-hetero) is 2. The summed E-state index contributed by atoms with van der Waals surface area (Å²) in [5.74, 6) is -13.5. The molecule has 88 heavy (non-hydrogen) atoms. The second kappa shape index (κ2) is 23.8. The molecule has 0 bridgehead atoms. The fourth-order valence-corrected chi connectivity index (χ4v) is 15.5. The fourth-order valence-electron chi connectivity index (χ4n) is 12.0. The Bertz CT molecular complexity index is 3810. The van der Waals surface area contributed by atoms with Crippen molar-refractivity contribution in [2.45, 2.75) is 84.7 Å². The molecule has 29 nitrogen and oxygen atoms in total. The van der Waals surface area contributed by atoms with Crippen LogP contribution in [0.5, 0.6) is 5.75 Å². The number of nitrogens with two attached hydrogens (primary N) is 2. The van der Waals surface area contributed by atoms with E-state index in [0.29, 0.717) is 22.8 Å². The molecule has 3 saturated heterocycles. The van der Waals surface area contributed by atoms with Gasteiger partial charge in [-0.05, 0) is 59.0 Å². The van der Waals surface area contributed by atoms with Crippen LogP contribution in [0.3, 0.4) is 0 Å². The van der Waals surface area contributed by atoms with Crippen LogP contribution in [0.1, 0.15) is 53.7 Å². The maximum atomic E-state index is 13.7. The lowest BCUT2D eigenvalue weighted by Crippen LogP contribution is -2.71. The highest BCUT2D eigenvalue weighted by atomic mass is 35.5. The van der Waals surface area contributed by atoms with Crippen molar-refractivity contribution in [3.63, 3.8) is 0 Å². The third-order valence-electron chi connectivity index (χ3n) is 15.9. The molecule has 2 aromatic heterocycles. The number of β-lactam (4-membered cyclic amide) rings is 2. The Morgan fingerprint density at radius 1 is 0.943 bits per heavy atom. The Morgan fingerprint density at radius 2 is 1.59 bits per heavy atom. The largest absolute Gasteiger partial charge is 0.508 e. The second-order valence-electron chi connectivity index (χ2n) is 21.7. The van der Waals surface area contributed by atoms with Crippen molar-refractivity contribution in [2.24, 2.45) is 22.7 Å². The molecule has 0 radical (unpaired) electrons. The molecule has 11 atom stereocenters. The first-order chi connectivity index (χ1) is 40.8. The number of aliphatic carboxylic acids is 2. The van der Waals surface area contributed by atoms with E-state index < -0.39 is 144 Å². The summed E-state index contributed by atoms with van der Waals surface area (Å²) in [4.78, 5) is 120. The highest BCUT2D eigenvalue weighted by Gasteiger charge is 2.70. The summed E-state index contributed by atoms with van der Waals surface area (Å²) >= 11 is 3.75. The molecule has 0 unspecified atom stereocenters. The molecule has 0 spiro atoms. The SMILES string of the molecule is C=CC1=C(C(=O)O)N2C(=O)[C@@H](NC(=O)/C(=N\O)c3csc(N)n3)[C@H]2SC1.CN(C)[C@@H]1C(=O)C(C(N)=O)=C(O)[C@@]2(O)C(=O)C3=C(O)c4c(O)cccc4[C@@](C)(O)[C@H]3[C@H](O)[C@@H]12.Cc1onc(-c2ccccc2)c1C(=O)N[C@@H]1C(=O)N2[C@@H]1SC(C)(C)[C@@H]2C(=O)O.Cl. The van der Waals surface area contributed by atoms with Crippen LogP contribution in [0, 0.1) is 18.8 Å². The topological polar surface area (TPSA) is 473 Å². The van der Waals surface area contributed by atoms with Crippen molar-refractivity contribution < 1.29 is 93.7 Å². The number of nitrogen functional groups attached to an aromatic ring is 1. The van der Waals surface area contributed by atoms with Crippen molar-refractivity contribution in [3.8, 4) is 17.0 Å². The van der Waals surface area contributed by atoms with Gasteiger partial charge >= 0.3 is 11.9 Å². The first-order valence-electron chi connectivity index (χ1n) is 26.0. The molecule has 33 heteroatoms. The van der Waals surface area contributed by atoms with Crippen LogP contribution in [-0.2, 0) is 44.0 Å². The Hall–Kier alpha value is -8.63. The average molecular weight is 1290 g/mol. The number of halogens is 1. The number of ketones is 2. The number of thiazole rings is 1. The highest BCUT2D eigenvalue weighted by molar-refractivity contribution is 8.01. The minimum atomic E-state index is -3.02. The van der Waals surface area contributed by atoms with E-state index in [-0.39, 0.29) is 57.2 Å². The van der Waals surface area contributed by atoms with Crippen molar-refractivity contribution in [3.05, 3.63) is 123 Å². The standard InChI is InChI=1S/C22H24N2O9.C19H19N3O5S.C14H13N5O5S2.ClH/c1-21(32)7-5-4-6-8(25)9(7)15(26)10-12(21)17(28)13-14(24(2)3)16(27)11(20(23)31)19(30)22(13,33)18(10)29;1-9-11(12(21-27-9)10-7-5-4-6-8-10)15(23)20-13-16(24)22-14(18(25)26)19(2,3)28-17(13)22;1-2-5-3-25-12-8(11(21)19(12)9(5)13(22)23)17-10(20)7(18-24)6-4-26-14(15)16-6;/h4-6,12-14,17,25-26,28,30,32-33H,1-3H3,(H2,23,31);4-8,13-14,17H,1-3H3,(H,20,23)(H,25,26);2,4,8,12,24H,1,3H2,(H2,15,16)(H,17,20)(H,22,23);1H/b;;18-7-;/t12-,13-,14+,17+,21-,22+;13-,14+,17-;8-,12-;/m111./s1. The Kier molecular flexibility index (Phi) is 17.7. The number of hydrogen-bond donors (Lipinski definition) is 13. The number of amides is 5. The number of aliphatic hydroxyl groups is 5. The summed E-state index contributed by atoms with van der Waals surface area (Å²) in [6, 6.07) is 9.02. The zero-order valence-electron chi connectivity index (χ0n) is 47.0. The summed E-state index contributed by atoms with van der Waals surface area (Å²) in [7, 11) is 2.80. The van der Waals surface area contributed by atoms with E-state index in [1.54, 1.807) is 20.8 Å². The van der Waals surface area contributed by atoms with Crippen LogP contribution < -0.4 is 22.1 Å². The molecule has 2 aromatic carbocycles. The van der Waals surface area contributed by atoms with E-state index in [1.165, 1.54) is 84.0 Å². The van der Waals surface area contributed by atoms with Gasteiger partial charge in [0.1, 0.15) is 80.1 Å². The van der Waals surface area contributed by atoms with E-state index in [9.17, 15) is 84.0 Å². The first kappa shape index (κ1) is 65.3. The number of oxime groups is 1. The average Bonchev–Trinajstić information content (AvgIpc) is 0.942. The predicted molar refractivity (Wildman–Crippen MR) is 315 cm³/mol. The lowest BCUT2D eigenvalue weighted by atomic mass is 9.53. The maximum Gasteiger partial charge on any atom is 0.352 e. The van der Waals surface area contributed by atoms with Crippen LogP contribution in [0.4, 0.5) is 5.13 Å². The number of thioether (sulfide) groups is 2. The number of primary amides is 1. The second-order valence-corrected chi connectivity index (χ2v) is 25.5. The van der Waals surface area contributed by atoms with Gasteiger partial charge in [0.25, 0.3) is 23.6 Å². The molecule has 15 N–H and O–H groups in total. The summed E-state index contributed by atoms with van der Waals surface area (Å²) < 4.78 is 4.57. The van der Waals surface area contributed by atoms with Crippen molar-refractivity contribution in [2.75, 3.05) is 25.6 Å². The zero-order valence-corrected chi connectivity index (χ0v) is 50.2. The first-order valence-corrected chi connectivity index (χ1v) is 28.8. The van der Waals surface area contributed by atoms with Gasteiger partial charge in [-0.15, -0.1) is 47.3 Å². The number of benzene rings is 2. The molecule has 466 valence electrons.